The second kappa shape index (κ2) is 37.2. The summed E-state index contributed by atoms with van der Waals surface area (Å²) in [5.41, 5.74) is 9.99. The Balaban J connectivity index is 0.680. The van der Waals surface area contributed by atoms with E-state index in [1.54, 1.807) is 30.3 Å². The molecule has 0 aliphatic carbocycles. The van der Waals surface area contributed by atoms with Crippen molar-refractivity contribution in [3.63, 3.8) is 0 Å². The number of nitrogens with zero attached hydrogens (tertiary/aromatic N) is 4. The predicted octanol–water partition coefficient (Wildman–Crippen LogP) is 7.14. The van der Waals surface area contributed by atoms with Crippen LogP contribution in [-0.2, 0) is 66.5 Å². The van der Waals surface area contributed by atoms with E-state index in [1.165, 1.54) is 35.8 Å². The molecule has 2 aliphatic heterocycles. The summed E-state index contributed by atoms with van der Waals surface area (Å²) in [5, 5.41) is 12.6. The van der Waals surface area contributed by atoms with Gasteiger partial charge in [0.05, 0.1) is 48.2 Å². The zero-order valence-electron chi connectivity index (χ0n) is 55.8. The smallest absolute Gasteiger partial charge is 0.488 e. The van der Waals surface area contributed by atoms with Gasteiger partial charge in [0.2, 0.25) is 11.8 Å². The number of aryl methyl sites for hydroxylation is 1. The molecule has 4 unspecified atom stereocenters. The van der Waals surface area contributed by atoms with Gasteiger partial charge in [-0.3, -0.25) is 28.3 Å². The van der Waals surface area contributed by atoms with Crippen LogP contribution >= 0.6 is 34.8 Å². The van der Waals surface area contributed by atoms with Crippen molar-refractivity contribution in [2.24, 2.45) is 0 Å². The van der Waals surface area contributed by atoms with Crippen molar-refractivity contribution in [3.05, 3.63) is 160 Å². The first-order valence-electron chi connectivity index (χ1n) is 32.5. The van der Waals surface area contributed by atoms with Gasteiger partial charge in [-0.15, -0.1) is 24.5 Å². The lowest BCUT2D eigenvalue weighted by molar-refractivity contribution is -0.162. The van der Waals surface area contributed by atoms with E-state index < -0.39 is 78.6 Å². The fraction of sp³-hybridized carbons (Fsp3) is 0.373. The first kappa shape index (κ1) is 78.5. The van der Waals surface area contributed by atoms with Gasteiger partial charge in [-0.2, -0.15) is 13.6 Å². The number of nitrogens with two attached hydrogens (primary N) is 1. The highest BCUT2D eigenvalue weighted by molar-refractivity contribution is 7.66. The van der Waals surface area contributed by atoms with Gasteiger partial charge in [0, 0.05) is 85.6 Å². The number of unbranched alkanes of at least 4 members (excludes halogenated alkanes) is 2. The molecule has 0 saturated carbocycles. The number of benzene rings is 4. The fourth-order valence-corrected chi connectivity index (χ4v) is 15.1. The summed E-state index contributed by atoms with van der Waals surface area (Å²) in [6.45, 7) is 9.85. The van der Waals surface area contributed by atoms with E-state index in [-0.39, 0.29) is 87.2 Å². The summed E-state index contributed by atoms with van der Waals surface area (Å²) in [7, 11) is -17.1. The normalized spacial score (nSPS) is 16.5. The van der Waals surface area contributed by atoms with Gasteiger partial charge in [-0.05, 0) is 99.0 Å². The number of phosphoric acid groups is 3. The number of nitrogens with one attached hydrogen (secondary N) is 4. The first-order chi connectivity index (χ1) is 49.4. The van der Waals surface area contributed by atoms with Crippen LogP contribution in [0.15, 0.2) is 130 Å². The van der Waals surface area contributed by atoms with Gasteiger partial charge >= 0.3 is 34.8 Å². The SMILES string of the molecule is C=CCOCOC1C[C@H](n2cc(C#CCNC(=O)COC(COc3cccc(C(=O)NCCCCCNC(=O)CCCNC(=O)c4ccccc4-c4c(-c5nc6ccccc6s5)c(=O)oc5cc6c(cc45)CCCN6CC)c3)OCC=C)c(N)nc2=O)O[C@@H]1COP(=O)(O)OP(=O)(O)OP(=O)(O)O. The van der Waals surface area contributed by atoms with Crippen molar-refractivity contribution in [3.8, 4) is 39.3 Å². The molecular weight excluding hydrogens is 1420 g/mol. The zero-order valence-corrected chi connectivity index (χ0v) is 59.3. The molecule has 1 fully saturated rings. The molecule has 4 amide bonds. The molecule has 32 nitrogen and oxygen atoms in total. The zero-order chi connectivity index (χ0) is 73.7. The quantitative estimate of drug-likeness (QED) is 0.00463. The Labute approximate surface area is 594 Å². The van der Waals surface area contributed by atoms with E-state index in [0.717, 1.165) is 52.0 Å². The van der Waals surface area contributed by atoms with Crippen molar-refractivity contribution >= 4 is 91.1 Å². The van der Waals surface area contributed by atoms with Crippen LogP contribution < -0.4 is 48.0 Å². The molecule has 2 aliphatic rings. The van der Waals surface area contributed by atoms with Crippen molar-refractivity contribution in [2.45, 2.75) is 83.0 Å². The molecule has 5 heterocycles. The molecule has 1 saturated heterocycles. The Morgan fingerprint density at radius 2 is 1.59 bits per heavy atom. The summed E-state index contributed by atoms with van der Waals surface area (Å²) < 4.78 is 89.6. The minimum atomic E-state index is -5.83. The maximum Gasteiger partial charge on any atom is 0.490 e. The van der Waals surface area contributed by atoms with Crippen LogP contribution in [0.5, 0.6) is 5.75 Å². The third-order valence-electron chi connectivity index (χ3n) is 15.8. The summed E-state index contributed by atoms with van der Waals surface area (Å²) in [6.07, 6.45) is 3.68. The van der Waals surface area contributed by atoms with Gasteiger partial charge in [0.1, 0.15) is 60.1 Å². The van der Waals surface area contributed by atoms with E-state index in [2.05, 4.69) is 77.8 Å². The van der Waals surface area contributed by atoms with Crippen LogP contribution in [0.3, 0.4) is 0 Å². The highest BCUT2D eigenvalue weighted by atomic mass is 32.1. The number of para-hydroxylation sites is 1. The lowest BCUT2D eigenvalue weighted by Crippen LogP contribution is -2.33. The number of nitrogen functional groups attached to an aromatic ring is 1. The third kappa shape index (κ3) is 22.7. The molecule has 10 N–H and O–H groups in total. The van der Waals surface area contributed by atoms with Crippen LogP contribution in [-0.4, -0.2) is 155 Å². The molecule has 4 aromatic carbocycles. The van der Waals surface area contributed by atoms with Crippen molar-refractivity contribution < 1.29 is 98.4 Å². The number of amides is 4. The molecule has 7 aromatic rings. The number of hydrogen-bond acceptors (Lipinski definition) is 24. The van der Waals surface area contributed by atoms with Crippen molar-refractivity contribution in [2.75, 3.05) is 89.7 Å². The standard InChI is InChI=1S/C67H78N9O23P3S/c1-4-32-90-42-94-53-37-58(96-54(53)39-95-101(86,87)99-102(88,89)98-100(83,84)85)76-38-45(62(68)74-67(76)82)19-15-29-70-57(78)40-93-59(91-33-5-2)41-92-46-21-14-18-44(34-46)63(79)71-28-13-7-12-27-69-56(77)26-16-30-72-64(80)48-23-9-8-22-47(48)60-49-35-43-20-17-31-75(6-3)51(43)36-52(49)97-66(81)61(60)65-73-50-24-10-11-25-55(50)103-65/h4-5,8-11,14,18,21-25,34-36,38,53-54,58-59H,1-2,6-7,12-13,16-17,20,26-33,37,39-42H2,3H3,(H,69,77)(H,70,78)(H,71,79)(H,72,80)(H,86,87)(H,88,89)(H2,68,74,82)(H2,83,84,85)/t53?,54-,58-,59?/m1/s1. The Bertz CT molecular complexity index is 4520. The van der Waals surface area contributed by atoms with Gasteiger partial charge in [-0.1, -0.05) is 60.4 Å². The number of aromatic nitrogens is 3. The molecule has 6 atom stereocenters. The number of hydrogen-bond donors (Lipinski definition) is 9. The molecule has 0 radical (unpaired) electrons. The number of carbonyl (C=O) groups is 4. The van der Waals surface area contributed by atoms with Gasteiger partial charge in [0.25, 0.3) is 11.8 Å². The lowest BCUT2D eigenvalue weighted by atomic mass is 9.90. The highest BCUT2D eigenvalue weighted by Gasteiger charge is 2.44. The monoisotopic (exact) mass is 1500 g/mol. The summed E-state index contributed by atoms with van der Waals surface area (Å²) in [6, 6.07) is 25.3. The highest BCUT2D eigenvalue weighted by Crippen LogP contribution is 2.66. The van der Waals surface area contributed by atoms with Crippen molar-refractivity contribution in [1.29, 1.82) is 0 Å². The van der Waals surface area contributed by atoms with Gasteiger partial charge in [-0.25, -0.2) is 28.3 Å². The van der Waals surface area contributed by atoms with E-state index in [4.69, 9.17) is 57.9 Å². The second-order valence-corrected chi connectivity index (χ2v) is 28.6. The van der Waals surface area contributed by atoms with Gasteiger partial charge in [0.15, 0.2) is 6.29 Å². The average Bonchev–Trinajstić information content (AvgIpc) is 1.63. The maximum absolute atomic E-state index is 14.2. The Kier molecular flexibility index (Phi) is 28.4. The number of carbonyl (C=O) groups excluding carboxylic acids is 4. The fourth-order valence-electron chi connectivity index (χ4n) is 11.1. The van der Waals surface area contributed by atoms with Crippen LogP contribution in [0.2, 0.25) is 0 Å². The van der Waals surface area contributed by atoms with E-state index in [0.29, 0.717) is 82.8 Å². The van der Waals surface area contributed by atoms with E-state index in [1.807, 2.05) is 42.5 Å². The molecule has 9 rings (SSSR count). The van der Waals surface area contributed by atoms with Crippen molar-refractivity contribution in [1.82, 2.24) is 35.8 Å². The summed E-state index contributed by atoms with van der Waals surface area (Å²) in [5.74, 6) is 3.93. The molecule has 550 valence electrons. The number of phosphoric ester groups is 1. The third-order valence-corrected chi connectivity index (χ3v) is 20.6. The summed E-state index contributed by atoms with van der Waals surface area (Å²) in [4.78, 5) is 128. The van der Waals surface area contributed by atoms with Gasteiger partial charge < -0.3 is 84.3 Å². The van der Waals surface area contributed by atoms with Crippen LogP contribution in [0, 0.1) is 11.8 Å². The Morgan fingerprint density at radius 3 is 2.37 bits per heavy atom. The predicted molar refractivity (Wildman–Crippen MR) is 378 cm³/mol. The molecular formula is C67H78N9O23P3S. The number of ether oxygens (including phenoxy) is 6. The number of rotatable bonds is 38. The molecule has 103 heavy (non-hydrogen) atoms. The maximum atomic E-state index is 14.2. The molecule has 0 spiro atoms. The number of fused-ring (bicyclic) bond motifs is 3. The second-order valence-electron chi connectivity index (χ2n) is 23.1. The van der Waals surface area contributed by atoms with E-state index >= 15 is 0 Å². The van der Waals surface area contributed by atoms with Crippen LogP contribution in [0.1, 0.15) is 89.9 Å². The molecule has 0 bridgehead atoms. The topological polar surface area (TPSA) is 439 Å². The summed E-state index contributed by atoms with van der Waals surface area (Å²) >= 11 is 1.39. The largest absolute Gasteiger partial charge is 0.490 e. The Morgan fingerprint density at radius 1 is 0.835 bits per heavy atom. The minimum Gasteiger partial charge on any atom is -0.488 e. The Hall–Kier alpha value is -8.61. The molecule has 3 aromatic heterocycles. The average molecular weight is 1500 g/mol. The number of thiazole rings is 1. The van der Waals surface area contributed by atoms with Crippen LogP contribution in [0.25, 0.3) is 42.9 Å². The van der Waals surface area contributed by atoms with Crippen LogP contribution in [0.4, 0.5) is 11.5 Å². The molecule has 36 heteroatoms. The minimum absolute atomic E-state index is 0.0103. The first-order valence-corrected chi connectivity index (χ1v) is 37.9. The lowest BCUT2D eigenvalue weighted by Gasteiger charge is -2.30. The van der Waals surface area contributed by atoms with E-state index in [9.17, 15) is 52.2 Å². The number of anilines is 2.